The largest absolute Gasteiger partial charge is 0.457 e. The number of rotatable bonds is 6. The van der Waals surface area contributed by atoms with Crippen LogP contribution in [0.5, 0.6) is 0 Å². The first kappa shape index (κ1) is 11.1. The molecule has 0 aliphatic carbocycles. The van der Waals surface area contributed by atoms with Crippen LogP contribution in [0.4, 0.5) is 0 Å². The van der Waals surface area contributed by atoms with E-state index in [1.165, 1.54) is 0 Å². The predicted octanol–water partition coefficient (Wildman–Crippen LogP) is 0.0703. The number of ether oxygens (including phenoxy) is 1. The molecule has 0 aromatic carbocycles. The average molecular weight is 173 g/mol. The van der Waals surface area contributed by atoms with E-state index >= 15 is 0 Å². The van der Waals surface area contributed by atoms with Crippen LogP contribution in [0.15, 0.2) is 0 Å². The van der Waals surface area contributed by atoms with Gasteiger partial charge in [0.25, 0.3) is 0 Å². The number of nitrogens with zero attached hydrogens (tertiary/aromatic N) is 1. The molecule has 70 valence electrons. The highest BCUT2D eigenvalue weighted by Gasteiger charge is 2.06. The molecule has 12 heavy (non-hydrogen) atoms. The minimum atomic E-state index is -0.342. The van der Waals surface area contributed by atoms with Crippen LogP contribution in [0.2, 0.25) is 0 Å². The zero-order valence-corrected chi connectivity index (χ0v) is 7.58. The molecule has 0 fully saturated rings. The molecule has 0 atom stereocenters. The summed E-state index contributed by atoms with van der Waals surface area (Å²) < 4.78 is 4.58. The number of hydrogen-bond donors (Lipinski definition) is 0. The Bertz CT molecular complexity index is 143. The molecule has 4 heteroatoms. The second-order valence-corrected chi connectivity index (χ2v) is 2.31. The van der Waals surface area contributed by atoms with Gasteiger partial charge in [-0.25, -0.2) is 0 Å². The number of hydrogen-bond acceptors (Lipinski definition) is 4. The third-order valence-electron chi connectivity index (χ3n) is 1.56. The summed E-state index contributed by atoms with van der Waals surface area (Å²) in [6.07, 6.45) is 0.570. The molecule has 0 N–H and O–H groups in total. The summed E-state index contributed by atoms with van der Waals surface area (Å²) in [6, 6.07) is 0. The summed E-state index contributed by atoms with van der Waals surface area (Å²) in [6.45, 7) is 5.69. The summed E-state index contributed by atoms with van der Waals surface area (Å²) in [5, 5.41) is 0. The van der Waals surface area contributed by atoms with Gasteiger partial charge in [-0.2, -0.15) is 0 Å². The molecule has 0 spiro atoms. The van der Waals surface area contributed by atoms with Crippen LogP contribution >= 0.6 is 0 Å². The van der Waals surface area contributed by atoms with Gasteiger partial charge >= 0.3 is 5.97 Å². The summed E-state index contributed by atoms with van der Waals surface area (Å²) >= 11 is 0. The maximum Gasteiger partial charge on any atom is 0.320 e. The van der Waals surface area contributed by atoms with Crippen molar-refractivity contribution >= 4 is 12.3 Å². The Hall–Kier alpha value is -0.900. The fourth-order valence-electron chi connectivity index (χ4n) is 0.802. The lowest BCUT2D eigenvalue weighted by atomic mass is 10.5. The molecule has 0 aromatic rings. The van der Waals surface area contributed by atoms with Crippen LogP contribution in [0.1, 0.15) is 13.8 Å². The highest BCUT2D eigenvalue weighted by Crippen LogP contribution is 1.87. The molecule has 0 aromatic heterocycles. The van der Waals surface area contributed by atoms with Gasteiger partial charge in [-0.05, 0) is 13.1 Å². The zero-order chi connectivity index (χ0) is 9.40. The van der Waals surface area contributed by atoms with E-state index in [9.17, 15) is 9.59 Å². The molecule has 0 saturated heterocycles. The molecular weight excluding hydrogens is 158 g/mol. The number of likely N-dealkylation sites (N-methyl/N-ethyl adjacent to an activating group) is 1. The standard InChI is InChI=1S/C8H15NO3/c1-3-9(4-2)7-8(11)12-6-5-10/h5H,3-4,6-7H2,1-2H3. The number of carbonyl (C=O) groups excluding carboxylic acids is 2. The van der Waals surface area contributed by atoms with Gasteiger partial charge < -0.3 is 4.74 Å². The van der Waals surface area contributed by atoms with Crippen molar-refractivity contribution in [2.45, 2.75) is 13.8 Å². The van der Waals surface area contributed by atoms with E-state index in [2.05, 4.69) is 4.74 Å². The average Bonchev–Trinajstić information content (AvgIpc) is 2.10. The van der Waals surface area contributed by atoms with E-state index in [4.69, 9.17) is 0 Å². The Morgan fingerprint density at radius 1 is 1.42 bits per heavy atom. The molecular formula is C8H15NO3. The number of carbonyl (C=O) groups is 2. The van der Waals surface area contributed by atoms with E-state index in [1.54, 1.807) is 0 Å². The summed E-state index contributed by atoms with van der Waals surface area (Å²) in [5.74, 6) is -0.342. The first-order valence-corrected chi connectivity index (χ1v) is 4.06. The summed E-state index contributed by atoms with van der Waals surface area (Å²) in [5.41, 5.74) is 0. The highest BCUT2D eigenvalue weighted by molar-refractivity contribution is 5.73. The normalized spacial score (nSPS) is 9.92. The fourth-order valence-corrected chi connectivity index (χ4v) is 0.802. The van der Waals surface area contributed by atoms with Crippen molar-refractivity contribution in [2.75, 3.05) is 26.2 Å². The molecule has 0 radical (unpaired) electrons. The lowest BCUT2D eigenvalue weighted by molar-refractivity contribution is -0.146. The minimum absolute atomic E-state index is 0.139. The van der Waals surface area contributed by atoms with Gasteiger partial charge in [-0.15, -0.1) is 0 Å². The van der Waals surface area contributed by atoms with Crippen LogP contribution < -0.4 is 0 Å². The maximum atomic E-state index is 10.9. The van der Waals surface area contributed by atoms with Crippen LogP contribution in [-0.4, -0.2) is 43.4 Å². The van der Waals surface area contributed by atoms with Crippen molar-refractivity contribution in [1.29, 1.82) is 0 Å². The smallest absolute Gasteiger partial charge is 0.320 e. The van der Waals surface area contributed by atoms with Gasteiger partial charge in [0.15, 0.2) is 6.29 Å². The minimum Gasteiger partial charge on any atom is -0.457 e. The molecule has 0 heterocycles. The van der Waals surface area contributed by atoms with Crippen LogP contribution in [0, 0.1) is 0 Å². The van der Waals surface area contributed by atoms with E-state index in [0.717, 1.165) is 13.1 Å². The Kier molecular flexibility index (Phi) is 6.28. The van der Waals surface area contributed by atoms with E-state index in [0.29, 0.717) is 6.29 Å². The van der Waals surface area contributed by atoms with Crippen molar-refractivity contribution in [3.8, 4) is 0 Å². The van der Waals surface area contributed by atoms with Crippen LogP contribution in [0.3, 0.4) is 0 Å². The lowest BCUT2D eigenvalue weighted by Crippen LogP contribution is -2.30. The fraction of sp³-hybridized carbons (Fsp3) is 0.750. The number of aldehydes is 1. The molecule has 0 rings (SSSR count). The lowest BCUT2D eigenvalue weighted by Gasteiger charge is -2.15. The monoisotopic (exact) mass is 173 g/mol. The van der Waals surface area contributed by atoms with Gasteiger partial charge in [0.2, 0.25) is 0 Å². The Balaban J connectivity index is 3.58. The molecule has 0 saturated carbocycles. The Morgan fingerprint density at radius 3 is 2.42 bits per heavy atom. The zero-order valence-electron chi connectivity index (χ0n) is 7.58. The quantitative estimate of drug-likeness (QED) is 0.421. The summed E-state index contributed by atoms with van der Waals surface area (Å²) in [7, 11) is 0. The van der Waals surface area contributed by atoms with Gasteiger partial charge in [0, 0.05) is 0 Å². The third-order valence-corrected chi connectivity index (χ3v) is 1.56. The first-order valence-electron chi connectivity index (χ1n) is 4.06. The van der Waals surface area contributed by atoms with E-state index in [-0.39, 0.29) is 19.1 Å². The van der Waals surface area contributed by atoms with Crippen molar-refractivity contribution in [3.63, 3.8) is 0 Å². The molecule has 0 amide bonds. The first-order chi connectivity index (χ1) is 5.74. The van der Waals surface area contributed by atoms with E-state index < -0.39 is 0 Å². The van der Waals surface area contributed by atoms with Gasteiger partial charge in [-0.3, -0.25) is 14.5 Å². The van der Waals surface area contributed by atoms with Crippen molar-refractivity contribution in [1.82, 2.24) is 4.90 Å². The highest BCUT2D eigenvalue weighted by atomic mass is 16.5. The van der Waals surface area contributed by atoms with Gasteiger partial charge in [-0.1, -0.05) is 13.8 Å². The van der Waals surface area contributed by atoms with Crippen molar-refractivity contribution in [2.24, 2.45) is 0 Å². The maximum absolute atomic E-state index is 10.9. The second kappa shape index (κ2) is 6.79. The SMILES string of the molecule is CCN(CC)CC(=O)OCC=O. The molecule has 0 unspecified atom stereocenters. The Labute approximate surface area is 72.5 Å². The number of esters is 1. The Morgan fingerprint density at radius 2 is 2.00 bits per heavy atom. The topological polar surface area (TPSA) is 46.6 Å². The van der Waals surface area contributed by atoms with E-state index in [1.807, 2.05) is 18.7 Å². The third kappa shape index (κ3) is 4.85. The van der Waals surface area contributed by atoms with Crippen molar-refractivity contribution < 1.29 is 14.3 Å². The second-order valence-electron chi connectivity index (χ2n) is 2.31. The summed E-state index contributed by atoms with van der Waals surface area (Å²) in [4.78, 5) is 22.7. The van der Waals surface area contributed by atoms with Gasteiger partial charge in [0.05, 0.1) is 6.54 Å². The van der Waals surface area contributed by atoms with Crippen molar-refractivity contribution in [3.05, 3.63) is 0 Å². The molecule has 0 bridgehead atoms. The molecule has 0 aliphatic heterocycles. The molecule has 4 nitrogen and oxygen atoms in total. The predicted molar refractivity (Wildman–Crippen MR) is 44.8 cm³/mol. The molecule has 0 aliphatic rings. The van der Waals surface area contributed by atoms with Crippen LogP contribution in [-0.2, 0) is 14.3 Å². The van der Waals surface area contributed by atoms with Gasteiger partial charge in [0.1, 0.15) is 6.61 Å². The van der Waals surface area contributed by atoms with Crippen LogP contribution in [0.25, 0.3) is 0 Å².